The van der Waals surface area contributed by atoms with Gasteiger partial charge in [0.05, 0.1) is 0 Å². The molecule has 2 aromatic carbocycles. The summed E-state index contributed by atoms with van der Waals surface area (Å²) >= 11 is 0. The second kappa shape index (κ2) is 7.31. The van der Waals surface area contributed by atoms with Crippen molar-refractivity contribution in [3.63, 3.8) is 0 Å². The fraction of sp³-hybridized carbons (Fsp3) is 0.190. The molecule has 8 nitrogen and oxygen atoms in total. The predicted octanol–water partition coefficient (Wildman–Crippen LogP) is 2.32. The van der Waals surface area contributed by atoms with Gasteiger partial charge in [0.15, 0.2) is 11.5 Å². The summed E-state index contributed by atoms with van der Waals surface area (Å²) in [5.41, 5.74) is 2.53. The normalized spacial score (nSPS) is 20.2. The van der Waals surface area contributed by atoms with Gasteiger partial charge in [-0.2, -0.15) is 5.01 Å². The van der Waals surface area contributed by atoms with E-state index in [1.807, 2.05) is 6.07 Å². The number of ether oxygens (including phenoxy) is 2. The Bertz CT molecular complexity index is 1000. The number of rotatable bonds is 5. The van der Waals surface area contributed by atoms with Crippen LogP contribution in [0.15, 0.2) is 54.6 Å². The maximum atomic E-state index is 13.0. The van der Waals surface area contributed by atoms with E-state index in [1.165, 1.54) is 6.08 Å². The third-order valence-corrected chi connectivity index (χ3v) is 4.93. The number of hydrazine groups is 1. The summed E-state index contributed by atoms with van der Waals surface area (Å²) in [6.45, 7) is 1.96. The molecule has 2 N–H and O–H groups in total. The van der Waals surface area contributed by atoms with Crippen LogP contribution in [-0.2, 0) is 15.1 Å². The van der Waals surface area contributed by atoms with Crippen LogP contribution in [-0.4, -0.2) is 29.6 Å². The number of amides is 4. The number of benzene rings is 2. The molecule has 0 radical (unpaired) electrons. The van der Waals surface area contributed by atoms with Crippen LogP contribution < -0.4 is 20.2 Å². The highest BCUT2D eigenvalue weighted by Crippen LogP contribution is 2.33. The number of nitrogens with zero attached hydrogens (tertiary/aromatic N) is 1. The number of carbonyl (C=O) groups is 3. The zero-order chi connectivity index (χ0) is 20.4. The number of nitrogens with one attached hydrogen (secondary N) is 2. The van der Waals surface area contributed by atoms with Crippen molar-refractivity contribution in [3.05, 3.63) is 65.7 Å². The molecule has 2 aliphatic heterocycles. The van der Waals surface area contributed by atoms with Gasteiger partial charge in [-0.1, -0.05) is 43.3 Å². The monoisotopic (exact) mass is 393 g/mol. The molecule has 148 valence electrons. The van der Waals surface area contributed by atoms with Crippen molar-refractivity contribution in [2.45, 2.75) is 18.9 Å². The summed E-state index contributed by atoms with van der Waals surface area (Å²) in [6.07, 6.45) is 3.15. The first-order chi connectivity index (χ1) is 14.0. The van der Waals surface area contributed by atoms with Crippen molar-refractivity contribution in [1.29, 1.82) is 0 Å². The second-order valence-electron chi connectivity index (χ2n) is 6.62. The van der Waals surface area contributed by atoms with Gasteiger partial charge < -0.3 is 14.8 Å². The lowest BCUT2D eigenvalue weighted by atomic mass is 9.87. The Morgan fingerprint density at radius 1 is 1.17 bits per heavy atom. The van der Waals surface area contributed by atoms with Crippen LogP contribution in [0.3, 0.4) is 0 Å². The van der Waals surface area contributed by atoms with E-state index in [4.69, 9.17) is 9.47 Å². The van der Waals surface area contributed by atoms with Gasteiger partial charge in [-0.15, -0.1) is 0 Å². The molecular formula is C21H19N3O5. The summed E-state index contributed by atoms with van der Waals surface area (Å²) in [4.78, 5) is 37.7. The van der Waals surface area contributed by atoms with Crippen LogP contribution >= 0.6 is 0 Å². The van der Waals surface area contributed by atoms with Crippen molar-refractivity contribution in [2.24, 2.45) is 0 Å². The van der Waals surface area contributed by atoms with Gasteiger partial charge in [0.2, 0.25) is 6.79 Å². The second-order valence-corrected chi connectivity index (χ2v) is 6.62. The van der Waals surface area contributed by atoms with Gasteiger partial charge in [0, 0.05) is 6.08 Å². The molecule has 2 aromatic rings. The summed E-state index contributed by atoms with van der Waals surface area (Å²) in [6, 6.07) is 13.5. The largest absolute Gasteiger partial charge is 0.454 e. The molecule has 0 unspecified atom stereocenters. The van der Waals surface area contributed by atoms with Gasteiger partial charge in [0.1, 0.15) is 5.54 Å². The molecule has 1 saturated heterocycles. The van der Waals surface area contributed by atoms with E-state index in [-0.39, 0.29) is 6.79 Å². The van der Waals surface area contributed by atoms with Crippen molar-refractivity contribution in [3.8, 4) is 11.5 Å². The molecule has 1 fully saturated rings. The molecule has 8 heteroatoms. The Morgan fingerprint density at radius 3 is 2.69 bits per heavy atom. The lowest BCUT2D eigenvalue weighted by molar-refractivity contribution is -0.138. The zero-order valence-electron chi connectivity index (χ0n) is 15.7. The van der Waals surface area contributed by atoms with E-state index < -0.39 is 23.4 Å². The average Bonchev–Trinajstić information content (AvgIpc) is 3.31. The van der Waals surface area contributed by atoms with Crippen molar-refractivity contribution in [1.82, 2.24) is 15.8 Å². The number of fused-ring (bicyclic) bond motifs is 1. The van der Waals surface area contributed by atoms with Crippen LogP contribution in [0.4, 0.5) is 4.79 Å². The van der Waals surface area contributed by atoms with E-state index in [0.29, 0.717) is 29.0 Å². The van der Waals surface area contributed by atoms with E-state index >= 15 is 0 Å². The van der Waals surface area contributed by atoms with Gasteiger partial charge in [-0.05, 0) is 35.8 Å². The quantitative estimate of drug-likeness (QED) is 0.600. The van der Waals surface area contributed by atoms with E-state index in [1.54, 1.807) is 55.5 Å². The van der Waals surface area contributed by atoms with Crippen LogP contribution in [0.2, 0.25) is 0 Å². The number of hydrogen-bond acceptors (Lipinski definition) is 5. The predicted molar refractivity (Wildman–Crippen MR) is 104 cm³/mol. The average molecular weight is 393 g/mol. The first-order valence-corrected chi connectivity index (χ1v) is 9.14. The minimum absolute atomic E-state index is 0.162. The van der Waals surface area contributed by atoms with Crippen LogP contribution in [0.25, 0.3) is 6.08 Å². The van der Waals surface area contributed by atoms with E-state index in [0.717, 1.165) is 5.01 Å². The lowest BCUT2D eigenvalue weighted by Gasteiger charge is -2.25. The number of hydrogen-bond donors (Lipinski definition) is 2. The third kappa shape index (κ3) is 3.29. The molecule has 0 aromatic heterocycles. The fourth-order valence-electron chi connectivity index (χ4n) is 3.37. The summed E-state index contributed by atoms with van der Waals surface area (Å²) < 4.78 is 10.5. The van der Waals surface area contributed by atoms with E-state index in [2.05, 4.69) is 10.7 Å². The van der Waals surface area contributed by atoms with Gasteiger partial charge >= 0.3 is 6.03 Å². The Kier molecular flexibility index (Phi) is 4.67. The van der Waals surface area contributed by atoms with Crippen LogP contribution in [0, 0.1) is 0 Å². The Balaban J connectivity index is 1.48. The van der Waals surface area contributed by atoms with Gasteiger partial charge in [0.25, 0.3) is 11.8 Å². The molecule has 0 saturated carbocycles. The summed E-state index contributed by atoms with van der Waals surface area (Å²) in [5.74, 6) is 0.104. The number of urea groups is 1. The topological polar surface area (TPSA) is 97.0 Å². The molecule has 4 rings (SSSR count). The zero-order valence-corrected chi connectivity index (χ0v) is 15.7. The van der Waals surface area contributed by atoms with E-state index in [9.17, 15) is 14.4 Å². The molecule has 0 spiro atoms. The number of carbonyl (C=O) groups excluding carboxylic acids is 3. The Hall–Kier alpha value is -3.81. The first-order valence-electron chi connectivity index (χ1n) is 9.14. The van der Waals surface area contributed by atoms with Crippen LogP contribution in [0.1, 0.15) is 24.5 Å². The molecule has 2 aliphatic rings. The minimum atomic E-state index is -1.20. The molecular weight excluding hydrogens is 374 g/mol. The highest BCUT2D eigenvalue weighted by atomic mass is 16.7. The molecule has 0 bridgehead atoms. The van der Waals surface area contributed by atoms with Gasteiger partial charge in [-0.25, -0.2) is 4.79 Å². The summed E-state index contributed by atoms with van der Waals surface area (Å²) in [5, 5.41) is 3.43. The highest BCUT2D eigenvalue weighted by molar-refractivity contribution is 6.09. The van der Waals surface area contributed by atoms with Crippen LogP contribution in [0.5, 0.6) is 11.5 Å². The Morgan fingerprint density at radius 2 is 1.93 bits per heavy atom. The molecule has 1 atom stereocenters. The number of imide groups is 1. The molecule has 2 heterocycles. The highest BCUT2D eigenvalue weighted by Gasteiger charge is 2.52. The summed E-state index contributed by atoms with van der Waals surface area (Å²) in [7, 11) is 0. The van der Waals surface area contributed by atoms with Crippen molar-refractivity contribution < 1.29 is 23.9 Å². The standard InChI is InChI=1S/C21H19N3O5/c1-2-21(15-6-4-3-5-7-15)19(26)24(20(27)22-21)23-18(25)11-9-14-8-10-16-17(12-14)29-13-28-16/h3-12H,2,13H2,1H3,(H,22,27)(H,23,25)/b11-9+/t21-/m1/s1. The maximum absolute atomic E-state index is 13.0. The molecule has 0 aliphatic carbocycles. The third-order valence-electron chi connectivity index (χ3n) is 4.93. The Labute approximate surface area is 167 Å². The smallest absolute Gasteiger partial charge is 0.344 e. The van der Waals surface area contributed by atoms with Crippen molar-refractivity contribution >= 4 is 23.9 Å². The maximum Gasteiger partial charge on any atom is 0.344 e. The lowest BCUT2D eigenvalue weighted by Crippen LogP contribution is -2.48. The molecule has 29 heavy (non-hydrogen) atoms. The first kappa shape index (κ1) is 18.5. The minimum Gasteiger partial charge on any atom is -0.454 e. The SMILES string of the molecule is CC[C@]1(c2ccccc2)NC(=O)N(NC(=O)/C=C/c2ccc3c(c2)OCO3)C1=O. The van der Waals surface area contributed by atoms with Gasteiger partial charge in [-0.3, -0.25) is 15.0 Å². The molecule has 4 amide bonds. The fourth-order valence-corrected chi connectivity index (χ4v) is 3.37. The van der Waals surface area contributed by atoms with Crippen molar-refractivity contribution in [2.75, 3.05) is 6.79 Å².